The molecule has 0 aliphatic carbocycles. The van der Waals surface area contributed by atoms with Gasteiger partial charge in [0, 0.05) is 18.9 Å². The lowest BCUT2D eigenvalue weighted by Crippen LogP contribution is -2.25. The smallest absolute Gasteiger partial charge is 0.263 e. The zero-order valence-corrected chi connectivity index (χ0v) is 14.4. The summed E-state index contributed by atoms with van der Waals surface area (Å²) in [5, 5.41) is 15.6. The number of hydrogen-bond donors (Lipinski definition) is 2. The Hall–Kier alpha value is -3.34. The summed E-state index contributed by atoms with van der Waals surface area (Å²) in [6, 6.07) is 17.3. The van der Waals surface area contributed by atoms with E-state index < -0.39 is 0 Å². The Kier molecular flexibility index (Phi) is 4.05. The SMILES string of the molecule is Cn1c(=O)c(C2=NN[C@H](C=Cc3ccccc3)C2)c(O)c2ccccc21. The van der Waals surface area contributed by atoms with Gasteiger partial charge in [-0.25, -0.2) is 0 Å². The topological polar surface area (TPSA) is 66.6 Å². The number of rotatable bonds is 3. The highest BCUT2D eigenvalue weighted by Crippen LogP contribution is 2.28. The second-order valence-corrected chi connectivity index (χ2v) is 6.37. The van der Waals surface area contributed by atoms with Crippen LogP contribution < -0.4 is 11.0 Å². The molecule has 0 spiro atoms. The number of pyridine rings is 1. The van der Waals surface area contributed by atoms with E-state index in [1.807, 2.05) is 66.7 Å². The van der Waals surface area contributed by atoms with E-state index >= 15 is 0 Å². The number of benzene rings is 2. The lowest BCUT2D eigenvalue weighted by molar-refractivity contribution is 0.478. The van der Waals surface area contributed by atoms with E-state index in [-0.39, 0.29) is 22.9 Å². The first-order valence-electron chi connectivity index (χ1n) is 8.51. The summed E-state index contributed by atoms with van der Waals surface area (Å²) in [5.74, 6) is -0.00283. The molecule has 0 saturated heterocycles. The van der Waals surface area contributed by atoms with Gasteiger partial charge in [0.25, 0.3) is 5.56 Å². The summed E-state index contributed by atoms with van der Waals surface area (Å²) < 4.78 is 1.56. The molecule has 0 saturated carbocycles. The van der Waals surface area contributed by atoms with Crippen LogP contribution in [0.4, 0.5) is 0 Å². The highest BCUT2D eigenvalue weighted by molar-refractivity contribution is 6.07. The van der Waals surface area contributed by atoms with Crippen molar-refractivity contribution in [1.29, 1.82) is 0 Å². The Morgan fingerprint density at radius 1 is 1.15 bits per heavy atom. The van der Waals surface area contributed by atoms with Gasteiger partial charge in [-0.05, 0) is 17.7 Å². The number of aromatic nitrogens is 1. The minimum atomic E-state index is -0.241. The standard InChI is InChI=1S/C21H19N3O2/c1-24-18-10-6-5-9-16(18)20(25)19(21(24)26)17-13-15(22-23-17)12-11-14-7-3-2-4-8-14/h2-12,15,22,25H,13H2,1H3/t15-/m1/s1. The first kappa shape index (κ1) is 16.1. The van der Waals surface area contributed by atoms with Crippen LogP contribution in [-0.4, -0.2) is 21.4 Å². The van der Waals surface area contributed by atoms with Crippen molar-refractivity contribution in [1.82, 2.24) is 9.99 Å². The molecule has 1 atom stereocenters. The minimum Gasteiger partial charge on any atom is -0.506 e. The predicted octanol–water partition coefficient (Wildman–Crippen LogP) is 3.02. The third kappa shape index (κ3) is 2.77. The first-order chi connectivity index (χ1) is 12.6. The van der Waals surface area contributed by atoms with Gasteiger partial charge in [-0.1, -0.05) is 54.6 Å². The highest BCUT2D eigenvalue weighted by Gasteiger charge is 2.25. The molecular weight excluding hydrogens is 326 g/mol. The summed E-state index contributed by atoms with van der Waals surface area (Å²) in [6.45, 7) is 0. The van der Waals surface area contributed by atoms with Crippen LogP contribution in [0.15, 0.2) is 70.6 Å². The highest BCUT2D eigenvalue weighted by atomic mass is 16.3. The monoisotopic (exact) mass is 345 g/mol. The molecule has 5 nitrogen and oxygen atoms in total. The summed E-state index contributed by atoms with van der Waals surface area (Å²) in [6.07, 6.45) is 4.59. The molecule has 4 rings (SSSR count). The average molecular weight is 345 g/mol. The fourth-order valence-corrected chi connectivity index (χ4v) is 3.26. The number of aryl methyl sites for hydroxylation is 1. The molecule has 5 heteroatoms. The van der Waals surface area contributed by atoms with E-state index in [0.29, 0.717) is 23.0 Å². The van der Waals surface area contributed by atoms with Gasteiger partial charge in [0.15, 0.2) is 0 Å². The van der Waals surface area contributed by atoms with Crippen molar-refractivity contribution >= 4 is 22.7 Å². The zero-order chi connectivity index (χ0) is 18.1. The van der Waals surface area contributed by atoms with E-state index in [2.05, 4.69) is 10.5 Å². The first-order valence-corrected chi connectivity index (χ1v) is 8.51. The number of nitrogens with one attached hydrogen (secondary N) is 1. The molecule has 0 amide bonds. The maximum atomic E-state index is 12.8. The van der Waals surface area contributed by atoms with E-state index in [1.54, 1.807) is 11.6 Å². The Morgan fingerprint density at radius 3 is 2.69 bits per heavy atom. The van der Waals surface area contributed by atoms with E-state index in [1.165, 1.54) is 0 Å². The van der Waals surface area contributed by atoms with Crippen molar-refractivity contribution in [3.8, 4) is 5.75 Å². The van der Waals surface area contributed by atoms with Crippen LogP contribution in [-0.2, 0) is 7.05 Å². The summed E-state index contributed by atoms with van der Waals surface area (Å²) >= 11 is 0. The van der Waals surface area contributed by atoms with Crippen LogP contribution in [0.5, 0.6) is 5.75 Å². The Labute approximate surface area is 150 Å². The van der Waals surface area contributed by atoms with Gasteiger partial charge in [0.1, 0.15) is 11.3 Å². The lowest BCUT2D eigenvalue weighted by Gasteiger charge is -2.11. The molecule has 130 valence electrons. The van der Waals surface area contributed by atoms with E-state index in [0.717, 1.165) is 5.56 Å². The number of hydrogen-bond acceptors (Lipinski definition) is 4. The van der Waals surface area contributed by atoms with Crippen molar-refractivity contribution < 1.29 is 5.11 Å². The van der Waals surface area contributed by atoms with Gasteiger partial charge in [-0.15, -0.1) is 0 Å². The summed E-state index contributed by atoms with van der Waals surface area (Å²) in [4.78, 5) is 12.8. The van der Waals surface area contributed by atoms with Crippen molar-refractivity contribution in [3.63, 3.8) is 0 Å². The average Bonchev–Trinajstić information content (AvgIpc) is 3.14. The number of para-hydroxylation sites is 1. The summed E-state index contributed by atoms with van der Waals surface area (Å²) in [7, 11) is 1.71. The summed E-state index contributed by atoms with van der Waals surface area (Å²) in [5.41, 5.74) is 5.45. The maximum absolute atomic E-state index is 12.8. The van der Waals surface area contributed by atoms with Gasteiger partial charge < -0.3 is 15.1 Å². The van der Waals surface area contributed by atoms with Crippen molar-refractivity contribution in [2.24, 2.45) is 12.1 Å². The van der Waals surface area contributed by atoms with Crippen LogP contribution in [0.3, 0.4) is 0 Å². The van der Waals surface area contributed by atoms with Gasteiger partial charge in [0.05, 0.1) is 17.3 Å². The molecule has 1 aliphatic heterocycles. The maximum Gasteiger partial charge on any atom is 0.263 e. The second-order valence-electron chi connectivity index (χ2n) is 6.37. The minimum absolute atomic E-state index is 0.00283. The molecule has 0 radical (unpaired) electrons. The molecule has 1 aliphatic rings. The normalized spacial score (nSPS) is 16.8. The van der Waals surface area contributed by atoms with Gasteiger partial charge >= 0.3 is 0 Å². The Bertz CT molecular complexity index is 1080. The molecule has 1 aromatic heterocycles. The van der Waals surface area contributed by atoms with Gasteiger partial charge in [0.2, 0.25) is 0 Å². The largest absolute Gasteiger partial charge is 0.506 e. The van der Waals surface area contributed by atoms with Crippen molar-refractivity contribution in [2.75, 3.05) is 0 Å². The van der Waals surface area contributed by atoms with Crippen LogP contribution in [0.2, 0.25) is 0 Å². The molecule has 0 bridgehead atoms. The molecule has 0 unspecified atom stereocenters. The molecule has 2 heterocycles. The Balaban J connectivity index is 1.65. The quantitative estimate of drug-likeness (QED) is 0.767. The van der Waals surface area contributed by atoms with E-state index in [9.17, 15) is 9.90 Å². The zero-order valence-electron chi connectivity index (χ0n) is 14.4. The molecular formula is C21H19N3O2. The number of hydrazone groups is 1. The van der Waals surface area contributed by atoms with Crippen LogP contribution in [0, 0.1) is 0 Å². The number of aromatic hydroxyl groups is 1. The third-order valence-electron chi connectivity index (χ3n) is 4.66. The molecule has 2 N–H and O–H groups in total. The number of nitrogens with zero attached hydrogens (tertiary/aromatic N) is 2. The predicted molar refractivity (Wildman–Crippen MR) is 104 cm³/mol. The fraction of sp³-hybridized carbons (Fsp3) is 0.143. The van der Waals surface area contributed by atoms with E-state index in [4.69, 9.17) is 0 Å². The van der Waals surface area contributed by atoms with Crippen LogP contribution in [0.1, 0.15) is 17.5 Å². The molecule has 26 heavy (non-hydrogen) atoms. The van der Waals surface area contributed by atoms with Crippen molar-refractivity contribution in [3.05, 3.63) is 82.2 Å². The van der Waals surface area contributed by atoms with Gasteiger partial charge in [-0.2, -0.15) is 5.10 Å². The molecule has 0 fully saturated rings. The number of fused-ring (bicyclic) bond motifs is 1. The Morgan fingerprint density at radius 2 is 1.88 bits per heavy atom. The molecule has 3 aromatic rings. The van der Waals surface area contributed by atoms with Gasteiger partial charge in [-0.3, -0.25) is 4.79 Å². The third-order valence-corrected chi connectivity index (χ3v) is 4.66. The van der Waals surface area contributed by atoms with Crippen LogP contribution >= 0.6 is 0 Å². The van der Waals surface area contributed by atoms with Crippen LogP contribution in [0.25, 0.3) is 17.0 Å². The lowest BCUT2D eigenvalue weighted by atomic mass is 10.0. The van der Waals surface area contributed by atoms with Crippen molar-refractivity contribution in [2.45, 2.75) is 12.5 Å². The fourth-order valence-electron chi connectivity index (χ4n) is 3.26. The molecule has 2 aromatic carbocycles. The second kappa shape index (κ2) is 6.52.